The maximum absolute atomic E-state index is 12.8. The zero-order valence-electron chi connectivity index (χ0n) is 15.9. The fraction of sp³-hybridized carbons (Fsp3) is 0.455. The number of hydrogen-bond donors (Lipinski definition) is 1. The number of piperidine rings is 1. The minimum absolute atomic E-state index is 0.0262. The number of carbonyl (C=O) groups excluding carboxylic acids is 2. The van der Waals surface area contributed by atoms with Gasteiger partial charge in [-0.25, -0.2) is 0 Å². The summed E-state index contributed by atoms with van der Waals surface area (Å²) in [5, 5.41) is 4.92. The van der Waals surface area contributed by atoms with E-state index in [4.69, 9.17) is 4.74 Å². The first-order valence-corrected chi connectivity index (χ1v) is 11.0. The maximum atomic E-state index is 12.8. The molecule has 2 heterocycles. The number of nitrogens with zero attached hydrogens (tertiary/aromatic N) is 1. The maximum Gasteiger partial charge on any atom is 0.263 e. The second kappa shape index (κ2) is 8.78. The highest BCUT2D eigenvalue weighted by atomic mass is 32.1. The third kappa shape index (κ3) is 4.55. The molecule has 1 aliphatic heterocycles. The SMILES string of the molecule is O=C(Nc1cccc(OC2CCCC2)c1)[C@H]1CCCN(C(=O)c2cccs2)C1. The topological polar surface area (TPSA) is 58.6 Å². The van der Waals surface area contributed by atoms with Crippen LogP contribution in [0.3, 0.4) is 0 Å². The van der Waals surface area contributed by atoms with Crippen LogP contribution in [-0.2, 0) is 4.79 Å². The molecule has 28 heavy (non-hydrogen) atoms. The molecule has 2 aromatic rings. The van der Waals surface area contributed by atoms with Crippen molar-refractivity contribution in [3.8, 4) is 5.75 Å². The molecule has 0 bridgehead atoms. The van der Waals surface area contributed by atoms with Crippen molar-refractivity contribution in [1.29, 1.82) is 0 Å². The van der Waals surface area contributed by atoms with Gasteiger partial charge in [-0.1, -0.05) is 12.1 Å². The Bertz CT molecular complexity index is 815. The van der Waals surface area contributed by atoms with Crippen molar-refractivity contribution in [3.05, 3.63) is 46.7 Å². The highest BCUT2D eigenvalue weighted by Gasteiger charge is 2.29. The van der Waals surface area contributed by atoms with Gasteiger partial charge in [0.2, 0.25) is 5.91 Å². The molecule has 2 fully saturated rings. The van der Waals surface area contributed by atoms with Gasteiger partial charge in [0, 0.05) is 24.8 Å². The van der Waals surface area contributed by atoms with E-state index in [1.54, 1.807) is 4.90 Å². The summed E-state index contributed by atoms with van der Waals surface area (Å²) in [6, 6.07) is 11.4. The summed E-state index contributed by atoms with van der Waals surface area (Å²) >= 11 is 1.45. The summed E-state index contributed by atoms with van der Waals surface area (Å²) in [6.45, 7) is 1.19. The number of carbonyl (C=O) groups is 2. The summed E-state index contributed by atoms with van der Waals surface area (Å²) in [5.74, 6) is 0.626. The van der Waals surface area contributed by atoms with E-state index in [0.717, 1.165) is 42.0 Å². The highest BCUT2D eigenvalue weighted by molar-refractivity contribution is 7.12. The number of nitrogens with one attached hydrogen (secondary N) is 1. The van der Waals surface area contributed by atoms with Gasteiger partial charge in [-0.05, 0) is 62.1 Å². The Kier molecular flexibility index (Phi) is 5.95. The summed E-state index contributed by atoms with van der Waals surface area (Å²) in [4.78, 5) is 27.9. The van der Waals surface area contributed by atoms with Gasteiger partial charge >= 0.3 is 0 Å². The Balaban J connectivity index is 1.36. The van der Waals surface area contributed by atoms with E-state index in [0.29, 0.717) is 19.2 Å². The van der Waals surface area contributed by atoms with Crippen molar-refractivity contribution in [1.82, 2.24) is 4.90 Å². The molecule has 1 saturated carbocycles. The number of ether oxygens (including phenoxy) is 1. The summed E-state index contributed by atoms with van der Waals surface area (Å²) in [7, 11) is 0. The zero-order chi connectivity index (χ0) is 19.3. The minimum atomic E-state index is -0.183. The molecule has 4 rings (SSSR count). The van der Waals surface area contributed by atoms with E-state index in [-0.39, 0.29) is 17.7 Å². The molecule has 0 spiro atoms. The largest absolute Gasteiger partial charge is 0.490 e. The van der Waals surface area contributed by atoms with Gasteiger partial charge in [-0.15, -0.1) is 11.3 Å². The molecule has 1 aliphatic carbocycles. The predicted molar refractivity (Wildman–Crippen MR) is 111 cm³/mol. The second-order valence-corrected chi connectivity index (χ2v) is 8.56. The smallest absolute Gasteiger partial charge is 0.263 e. The van der Waals surface area contributed by atoms with Gasteiger partial charge < -0.3 is 15.0 Å². The molecule has 2 aliphatic rings. The quantitative estimate of drug-likeness (QED) is 0.803. The fourth-order valence-corrected chi connectivity index (χ4v) is 4.71. The normalized spacial score (nSPS) is 20.1. The number of rotatable bonds is 5. The van der Waals surface area contributed by atoms with Crippen LogP contribution in [0.25, 0.3) is 0 Å². The molecule has 1 saturated heterocycles. The molecular weight excluding hydrogens is 372 g/mol. The highest BCUT2D eigenvalue weighted by Crippen LogP contribution is 2.27. The van der Waals surface area contributed by atoms with E-state index >= 15 is 0 Å². The molecule has 0 unspecified atom stereocenters. The van der Waals surface area contributed by atoms with E-state index in [2.05, 4.69) is 5.32 Å². The van der Waals surface area contributed by atoms with Crippen LogP contribution in [0.4, 0.5) is 5.69 Å². The van der Waals surface area contributed by atoms with Crippen LogP contribution >= 0.6 is 11.3 Å². The molecule has 1 atom stereocenters. The lowest BCUT2D eigenvalue weighted by atomic mass is 9.97. The van der Waals surface area contributed by atoms with Crippen molar-refractivity contribution in [2.45, 2.75) is 44.6 Å². The van der Waals surface area contributed by atoms with E-state index in [1.165, 1.54) is 24.2 Å². The Labute approximate surface area is 169 Å². The van der Waals surface area contributed by atoms with Crippen LogP contribution < -0.4 is 10.1 Å². The van der Waals surface area contributed by atoms with Gasteiger partial charge in [0.25, 0.3) is 5.91 Å². The lowest BCUT2D eigenvalue weighted by Crippen LogP contribution is -2.43. The average Bonchev–Trinajstić information content (AvgIpc) is 3.42. The lowest BCUT2D eigenvalue weighted by Gasteiger charge is -2.31. The molecule has 0 radical (unpaired) electrons. The molecule has 148 valence electrons. The van der Waals surface area contributed by atoms with Crippen LogP contribution in [0.15, 0.2) is 41.8 Å². The summed E-state index contributed by atoms with van der Waals surface area (Å²) in [6.07, 6.45) is 6.60. The Morgan fingerprint density at radius 2 is 1.93 bits per heavy atom. The van der Waals surface area contributed by atoms with Gasteiger partial charge in [0.15, 0.2) is 0 Å². The van der Waals surface area contributed by atoms with Crippen molar-refractivity contribution in [2.24, 2.45) is 5.92 Å². The molecule has 1 N–H and O–H groups in total. The standard InChI is InChI=1S/C22H26N2O3S/c25-21(16-6-4-12-24(15-16)22(26)20-11-5-13-28-20)23-17-7-3-10-19(14-17)27-18-8-1-2-9-18/h3,5,7,10-11,13-14,16,18H,1-2,4,6,8-9,12,15H2,(H,23,25)/t16-/m0/s1. The third-order valence-electron chi connectivity index (χ3n) is 5.52. The van der Waals surface area contributed by atoms with Crippen molar-refractivity contribution in [3.63, 3.8) is 0 Å². The first kappa shape index (κ1) is 19.0. The minimum Gasteiger partial charge on any atom is -0.490 e. The summed E-state index contributed by atoms with van der Waals surface area (Å²) < 4.78 is 6.03. The monoisotopic (exact) mass is 398 g/mol. The number of hydrogen-bond acceptors (Lipinski definition) is 4. The Morgan fingerprint density at radius 1 is 1.07 bits per heavy atom. The predicted octanol–water partition coefficient (Wildman–Crippen LogP) is 4.56. The van der Waals surface area contributed by atoms with Crippen LogP contribution in [0.5, 0.6) is 5.75 Å². The molecule has 1 aromatic heterocycles. The van der Waals surface area contributed by atoms with Crippen molar-refractivity contribution in [2.75, 3.05) is 18.4 Å². The lowest BCUT2D eigenvalue weighted by molar-refractivity contribution is -0.121. The second-order valence-electron chi connectivity index (χ2n) is 7.61. The van der Waals surface area contributed by atoms with E-state index in [1.807, 2.05) is 41.8 Å². The number of benzene rings is 1. The van der Waals surface area contributed by atoms with Gasteiger partial charge in [0.05, 0.1) is 16.9 Å². The molecule has 2 amide bonds. The number of thiophene rings is 1. The fourth-order valence-electron chi connectivity index (χ4n) is 4.02. The van der Waals surface area contributed by atoms with Gasteiger partial charge in [-0.2, -0.15) is 0 Å². The summed E-state index contributed by atoms with van der Waals surface area (Å²) in [5.41, 5.74) is 0.752. The van der Waals surface area contributed by atoms with Crippen molar-refractivity contribution < 1.29 is 14.3 Å². The third-order valence-corrected chi connectivity index (χ3v) is 6.38. The van der Waals surface area contributed by atoms with Gasteiger partial charge in [0.1, 0.15) is 5.75 Å². The number of likely N-dealkylation sites (tertiary alicyclic amines) is 1. The Morgan fingerprint density at radius 3 is 2.71 bits per heavy atom. The molecule has 1 aromatic carbocycles. The van der Waals surface area contributed by atoms with Gasteiger partial charge in [-0.3, -0.25) is 9.59 Å². The van der Waals surface area contributed by atoms with Crippen molar-refractivity contribution >= 4 is 28.8 Å². The van der Waals surface area contributed by atoms with E-state index < -0.39 is 0 Å². The Hall–Kier alpha value is -2.34. The van der Waals surface area contributed by atoms with E-state index in [9.17, 15) is 9.59 Å². The molecule has 5 nitrogen and oxygen atoms in total. The first-order valence-electron chi connectivity index (χ1n) is 10.1. The van der Waals surface area contributed by atoms with Crippen LogP contribution in [0, 0.1) is 5.92 Å². The molecule has 6 heteroatoms. The first-order chi connectivity index (χ1) is 13.7. The van der Waals surface area contributed by atoms with Crippen LogP contribution in [0.2, 0.25) is 0 Å². The van der Waals surface area contributed by atoms with Crippen LogP contribution in [-0.4, -0.2) is 35.9 Å². The zero-order valence-corrected chi connectivity index (χ0v) is 16.7. The number of anilines is 1. The number of amides is 2. The van der Waals surface area contributed by atoms with Crippen LogP contribution in [0.1, 0.15) is 48.2 Å². The molecular formula is C22H26N2O3S. The average molecular weight is 399 g/mol.